The molecule has 1 amide bonds. The molecule has 9 nitrogen and oxygen atoms in total. The van der Waals surface area contributed by atoms with Gasteiger partial charge in [0.25, 0.3) is 0 Å². The number of carbonyl (C=O) groups is 1. The maximum Gasteiger partial charge on any atom is 0.243 e. The van der Waals surface area contributed by atoms with Crippen LogP contribution >= 0.6 is 11.6 Å². The zero-order valence-electron chi connectivity index (χ0n) is 21.0. The van der Waals surface area contributed by atoms with Crippen LogP contribution in [0.3, 0.4) is 0 Å². The Bertz CT molecular complexity index is 1480. The zero-order chi connectivity index (χ0) is 26.5. The van der Waals surface area contributed by atoms with Crippen molar-refractivity contribution in [2.45, 2.75) is 29.1 Å². The van der Waals surface area contributed by atoms with E-state index < -0.39 is 21.3 Å². The van der Waals surface area contributed by atoms with E-state index in [9.17, 15) is 13.2 Å². The number of carbonyl (C=O) groups excluding carboxylic acids is 1. The number of aromatic nitrogens is 1. The third-order valence-electron chi connectivity index (χ3n) is 7.86. The van der Waals surface area contributed by atoms with Gasteiger partial charge in [-0.2, -0.15) is 4.31 Å². The Kier molecular flexibility index (Phi) is 6.35. The van der Waals surface area contributed by atoms with Crippen LogP contribution in [0.25, 0.3) is 10.8 Å². The van der Waals surface area contributed by atoms with Crippen molar-refractivity contribution in [3.05, 3.63) is 65.9 Å². The molecule has 200 valence electrons. The molecule has 0 N–H and O–H groups in total. The molecule has 38 heavy (non-hydrogen) atoms. The molecular formula is C27H29ClN4O5S. The number of methoxy groups -OCH3 is 1. The number of rotatable bonds is 5. The third-order valence-corrected chi connectivity index (χ3v) is 9.89. The molecule has 3 aliphatic heterocycles. The van der Waals surface area contributed by atoms with Crippen LogP contribution in [0.4, 0.5) is 5.69 Å². The van der Waals surface area contributed by atoms with Gasteiger partial charge in [0.1, 0.15) is 0 Å². The van der Waals surface area contributed by atoms with E-state index in [4.69, 9.17) is 21.1 Å². The predicted octanol–water partition coefficient (Wildman–Crippen LogP) is 3.13. The lowest BCUT2D eigenvalue weighted by Crippen LogP contribution is -2.65. The second kappa shape index (κ2) is 9.46. The van der Waals surface area contributed by atoms with E-state index in [0.717, 1.165) is 29.5 Å². The van der Waals surface area contributed by atoms with Gasteiger partial charge < -0.3 is 19.3 Å². The number of piperazine rings is 1. The van der Waals surface area contributed by atoms with Gasteiger partial charge in [-0.1, -0.05) is 23.7 Å². The molecule has 1 aromatic heterocycles. The topological polar surface area (TPSA) is 92.3 Å². The summed E-state index contributed by atoms with van der Waals surface area (Å²) in [6.07, 6.45) is 4.98. The van der Waals surface area contributed by atoms with E-state index in [1.807, 2.05) is 12.1 Å². The number of piperidine rings is 1. The summed E-state index contributed by atoms with van der Waals surface area (Å²) in [6, 6.07) is 14.2. The zero-order valence-corrected chi connectivity index (χ0v) is 22.6. The van der Waals surface area contributed by atoms with Crippen LogP contribution in [0, 0.1) is 0 Å². The minimum atomic E-state index is -3.98. The summed E-state index contributed by atoms with van der Waals surface area (Å²) in [5, 5.41) is 2.17. The number of nitrogens with zero attached hydrogens (tertiary/aromatic N) is 4. The van der Waals surface area contributed by atoms with Gasteiger partial charge in [0.15, 0.2) is 5.72 Å². The molecule has 3 saturated heterocycles. The number of anilines is 1. The van der Waals surface area contributed by atoms with Crippen molar-refractivity contribution in [1.82, 2.24) is 14.2 Å². The summed E-state index contributed by atoms with van der Waals surface area (Å²) in [4.78, 5) is 21.7. The van der Waals surface area contributed by atoms with Crippen LogP contribution in [0.1, 0.15) is 12.8 Å². The van der Waals surface area contributed by atoms with Crippen LogP contribution in [0.15, 0.2) is 65.8 Å². The minimum Gasteiger partial charge on any atom is -0.380 e. The van der Waals surface area contributed by atoms with E-state index >= 15 is 0 Å². The van der Waals surface area contributed by atoms with Gasteiger partial charge in [-0.15, -0.1) is 0 Å². The molecule has 2 aromatic carbocycles. The summed E-state index contributed by atoms with van der Waals surface area (Å²) >= 11 is 6.08. The van der Waals surface area contributed by atoms with Crippen molar-refractivity contribution < 1.29 is 22.7 Å². The Labute approximate surface area is 226 Å². The maximum absolute atomic E-state index is 13.8. The summed E-state index contributed by atoms with van der Waals surface area (Å²) in [5.74, 6) is -0.280. The Morgan fingerprint density at radius 2 is 1.74 bits per heavy atom. The Morgan fingerprint density at radius 1 is 1.03 bits per heavy atom. The molecular weight excluding hydrogens is 528 g/mol. The van der Waals surface area contributed by atoms with Gasteiger partial charge in [-0.3, -0.25) is 9.78 Å². The molecule has 3 aromatic rings. The Hall–Kier alpha value is -2.76. The average molecular weight is 557 g/mol. The molecule has 0 radical (unpaired) electrons. The van der Waals surface area contributed by atoms with Gasteiger partial charge in [-0.05, 0) is 60.0 Å². The first kappa shape index (κ1) is 25.5. The first-order valence-electron chi connectivity index (χ1n) is 12.6. The van der Waals surface area contributed by atoms with Gasteiger partial charge in [-0.25, -0.2) is 8.42 Å². The predicted molar refractivity (Wildman–Crippen MR) is 144 cm³/mol. The normalized spacial score (nSPS) is 23.8. The number of ether oxygens (including phenoxy) is 2. The van der Waals surface area contributed by atoms with Gasteiger partial charge in [0, 0.05) is 43.3 Å². The molecule has 0 saturated carbocycles. The number of benzene rings is 2. The Morgan fingerprint density at radius 3 is 2.47 bits per heavy atom. The standard InChI is InChI=1S/C27H29ClN4O5S/c1-36-19-27-18-31(38(34,35)24-5-3-20-14-22(28)4-2-21(20)15-24)16-25(33)32(27)17-26(37-27)8-12-30(13-9-26)23-6-10-29-11-7-23/h2-7,10-11,14-15H,8-9,12-13,16-19H2,1H3/t27-/m0/s1. The average Bonchev–Trinajstić information content (AvgIpc) is 3.23. The molecule has 6 rings (SSSR count). The van der Waals surface area contributed by atoms with E-state index in [-0.39, 0.29) is 30.5 Å². The quantitative estimate of drug-likeness (QED) is 0.477. The second-order valence-electron chi connectivity index (χ2n) is 10.3. The van der Waals surface area contributed by atoms with Crippen molar-refractivity contribution >= 4 is 44.0 Å². The molecule has 4 heterocycles. The fourth-order valence-electron chi connectivity index (χ4n) is 5.96. The molecule has 1 atom stereocenters. The van der Waals surface area contributed by atoms with E-state index in [0.29, 0.717) is 24.4 Å². The highest BCUT2D eigenvalue weighted by molar-refractivity contribution is 7.89. The number of halogens is 1. The summed E-state index contributed by atoms with van der Waals surface area (Å²) in [5.41, 5.74) is -0.636. The molecule has 0 aliphatic carbocycles. The van der Waals surface area contributed by atoms with Gasteiger partial charge in [0.05, 0.1) is 36.7 Å². The first-order valence-corrected chi connectivity index (χ1v) is 14.4. The first-order chi connectivity index (χ1) is 18.2. The van der Waals surface area contributed by atoms with Crippen LogP contribution < -0.4 is 4.90 Å². The second-order valence-corrected chi connectivity index (χ2v) is 12.6. The number of hydrogen-bond acceptors (Lipinski definition) is 7. The number of amides is 1. The maximum atomic E-state index is 13.8. The lowest BCUT2D eigenvalue weighted by atomic mass is 9.91. The van der Waals surface area contributed by atoms with Crippen LogP contribution in [-0.2, 0) is 24.3 Å². The molecule has 3 aliphatic rings. The highest BCUT2D eigenvalue weighted by atomic mass is 35.5. The molecule has 1 spiro atoms. The summed E-state index contributed by atoms with van der Waals surface area (Å²) < 4.78 is 41.0. The monoisotopic (exact) mass is 556 g/mol. The van der Waals surface area contributed by atoms with Crippen LogP contribution in [0.2, 0.25) is 5.02 Å². The summed E-state index contributed by atoms with van der Waals surface area (Å²) in [7, 11) is -2.43. The highest BCUT2D eigenvalue weighted by Crippen LogP contribution is 2.44. The van der Waals surface area contributed by atoms with Gasteiger partial charge in [0.2, 0.25) is 15.9 Å². The van der Waals surface area contributed by atoms with E-state index in [2.05, 4.69) is 9.88 Å². The Balaban J connectivity index is 1.26. The molecule has 0 unspecified atom stereocenters. The molecule has 11 heteroatoms. The van der Waals surface area contributed by atoms with Crippen molar-refractivity contribution in [3.8, 4) is 0 Å². The minimum absolute atomic E-state index is 0.00336. The van der Waals surface area contributed by atoms with Crippen molar-refractivity contribution in [1.29, 1.82) is 0 Å². The van der Waals surface area contributed by atoms with E-state index in [1.165, 1.54) is 4.31 Å². The van der Waals surface area contributed by atoms with Crippen LogP contribution in [-0.4, -0.2) is 86.3 Å². The summed E-state index contributed by atoms with van der Waals surface area (Å²) in [6.45, 7) is 1.79. The van der Waals surface area contributed by atoms with Gasteiger partial charge >= 0.3 is 0 Å². The van der Waals surface area contributed by atoms with Crippen molar-refractivity contribution in [3.63, 3.8) is 0 Å². The van der Waals surface area contributed by atoms with Crippen LogP contribution in [0.5, 0.6) is 0 Å². The SMILES string of the molecule is COC[C@@]12CN(S(=O)(=O)c3ccc4cc(Cl)ccc4c3)CC(=O)N1CC1(CCN(c3ccncc3)CC1)O2. The number of sulfonamides is 1. The van der Waals surface area contributed by atoms with E-state index in [1.54, 1.807) is 60.8 Å². The fraction of sp³-hybridized carbons (Fsp3) is 0.407. The highest BCUT2D eigenvalue weighted by Gasteiger charge is 2.60. The molecule has 0 bridgehead atoms. The lowest BCUT2D eigenvalue weighted by Gasteiger charge is -2.44. The third kappa shape index (κ3) is 4.34. The van der Waals surface area contributed by atoms with Crippen molar-refractivity contribution in [2.75, 3.05) is 51.3 Å². The lowest BCUT2D eigenvalue weighted by molar-refractivity contribution is -0.194. The largest absolute Gasteiger partial charge is 0.380 e. The molecule has 3 fully saturated rings. The smallest absolute Gasteiger partial charge is 0.243 e. The fourth-order valence-corrected chi connectivity index (χ4v) is 7.61. The number of hydrogen-bond donors (Lipinski definition) is 0. The number of pyridine rings is 1. The number of fused-ring (bicyclic) bond motifs is 2. The van der Waals surface area contributed by atoms with Crippen molar-refractivity contribution in [2.24, 2.45) is 0 Å².